The van der Waals surface area contributed by atoms with Crippen LogP contribution in [0.5, 0.6) is 5.75 Å². The van der Waals surface area contributed by atoms with E-state index in [4.69, 9.17) is 9.84 Å². The molecule has 16 heavy (non-hydrogen) atoms. The van der Waals surface area contributed by atoms with Crippen molar-refractivity contribution in [1.82, 2.24) is 4.98 Å². The molecule has 0 radical (unpaired) electrons. The van der Waals surface area contributed by atoms with Gasteiger partial charge in [0, 0.05) is 17.3 Å². The monoisotopic (exact) mass is 235 g/mol. The second kappa shape index (κ2) is 4.76. The van der Waals surface area contributed by atoms with Gasteiger partial charge in [0.1, 0.15) is 17.9 Å². The minimum Gasteiger partial charge on any atom is -0.487 e. The number of carboxylic acids is 1. The average molecular weight is 235 g/mol. The first-order chi connectivity index (χ1) is 7.77. The highest BCUT2D eigenvalue weighted by molar-refractivity contribution is 7.09. The molecule has 0 atom stereocenters. The number of ether oxygens (including phenoxy) is 1. The molecule has 0 aliphatic carbocycles. The second-order valence-electron chi connectivity index (χ2n) is 3.05. The van der Waals surface area contributed by atoms with E-state index in [0.717, 1.165) is 4.88 Å². The maximum absolute atomic E-state index is 10.9. The number of hydrogen-bond donors (Lipinski definition) is 1. The topological polar surface area (TPSA) is 59.4 Å². The van der Waals surface area contributed by atoms with E-state index in [0.29, 0.717) is 12.4 Å². The third-order valence-electron chi connectivity index (χ3n) is 1.96. The summed E-state index contributed by atoms with van der Waals surface area (Å²) in [5.41, 5.74) is 0.0825. The average Bonchev–Trinajstić information content (AvgIpc) is 2.79. The van der Waals surface area contributed by atoms with Gasteiger partial charge in [0.15, 0.2) is 0 Å². The van der Waals surface area contributed by atoms with Gasteiger partial charge in [-0.15, -0.1) is 11.3 Å². The van der Waals surface area contributed by atoms with Crippen LogP contribution in [0.15, 0.2) is 36.0 Å². The van der Waals surface area contributed by atoms with Crippen molar-refractivity contribution in [3.63, 3.8) is 0 Å². The Kier molecular flexibility index (Phi) is 3.16. The van der Waals surface area contributed by atoms with Crippen molar-refractivity contribution in [2.24, 2.45) is 0 Å². The Morgan fingerprint density at radius 1 is 1.50 bits per heavy atom. The summed E-state index contributed by atoms with van der Waals surface area (Å²) in [5.74, 6) is -0.690. The highest BCUT2D eigenvalue weighted by Gasteiger charge is 2.10. The molecular weight excluding hydrogens is 226 g/mol. The van der Waals surface area contributed by atoms with E-state index in [1.807, 2.05) is 17.5 Å². The van der Waals surface area contributed by atoms with Crippen molar-refractivity contribution in [2.75, 3.05) is 0 Å². The number of pyridine rings is 1. The summed E-state index contributed by atoms with van der Waals surface area (Å²) in [4.78, 5) is 15.7. The Hall–Kier alpha value is -1.88. The van der Waals surface area contributed by atoms with E-state index in [1.165, 1.54) is 12.4 Å². The minimum atomic E-state index is -1.03. The molecule has 0 fully saturated rings. The van der Waals surface area contributed by atoms with Crippen LogP contribution in [0, 0.1) is 0 Å². The smallest absolute Gasteiger partial charge is 0.341 e. The quantitative estimate of drug-likeness (QED) is 0.884. The van der Waals surface area contributed by atoms with Crippen LogP contribution < -0.4 is 4.74 Å². The summed E-state index contributed by atoms with van der Waals surface area (Å²) in [6, 6.07) is 5.41. The number of aromatic nitrogens is 1. The molecule has 0 saturated heterocycles. The molecule has 0 bridgehead atoms. The highest BCUT2D eigenvalue weighted by atomic mass is 32.1. The predicted molar refractivity (Wildman–Crippen MR) is 59.8 cm³/mol. The van der Waals surface area contributed by atoms with Gasteiger partial charge in [-0.3, -0.25) is 4.98 Å². The van der Waals surface area contributed by atoms with Gasteiger partial charge in [-0.05, 0) is 17.5 Å². The van der Waals surface area contributed by atoms with Gasteiger partial charge in [-0.25, -0.2) is 4.79 Å². The van der Waals surface area contributed by atoms with E-state index in [2.05, 4.69) is 4.98 Å². The largest absolute Gasteiger partial charge is 0.487 e. The lowest BCUT2D eigenvalue weighted by atomic mass is 10.2. The molecule has 2 aromatic heterocycles. The van der Waals surface area contributed by atoms with Gasteiger partial charge in [-0.1, -0.05) is 6.07 Å². The molecule has 5 heteroatoms. The van der Waals surface area contributed by atoms with Gasteiger partial charge in [-0.2, -0.15) is 0 Å². The van der Waals surface area contributed by atoms with Crippen LogP contribution in [0.25, 0.3) is 0 Å². The summed E-state index contributed by atoms with van der Waals surface area (Å²) in [6.07, 6.45) is 2.79. The molecule has 0 aliphatic heterocycles. The Morgan fingerprint density at radius 2 is 2.38 bits per heavy atom. The van der Waals surface area contributed by atoms with E-state index in [1.54, 1.807) is 17.4 Å². The summed E-state index contributed by atoms with van der Waals surface area (Å²) >= 11 is 1.57. The zero-order chi connectivity index (χ0) is 11.4. The summed E-state index contributed by atoms with van der Waals surface area (Å²) in [7, 11) is 0. The first-order valence-electron chi connectivity index (χ1n) is 4.60. The standard InChI is InChI=1S/C11H9NO3S/c13-11(14)9-6-12-4-3-10(9)15-7-8-2-1-5-16-8/h1-6H,7H2,(H,13,14). The van der Waals surface area contributed by atoms with Crippen molar-refractivity contribution in [2.45, 2.75) is 6.61 Å². The van der Waals surface area contributed by atoms with Crippen LogP contribution in [0.4, 0.5) is 0 Å². The maximum Gasteiger partial charge on any atom is 0.341 e. The molecule has 1 N–H and O–H groups in total. The fourth-order valence-electron chi connectivity index (χ4n) is 1.21. The van der Waals surface area contributed by atoms with Crippen LogP contribution >= 0.6 is 11.3 Å². The van der Waals surface area contributed by atoms with Gasteiger partial charge >= 0.3 is 5.97 Å². The van der Waals surface area contributed by atoms with Crippen molar-refractivity contribution in [1.29, 1.82) is 0 Å². The van der Waals surface area contributed by atoms with Gasteiger partial charge < -0.3 is 9.84 Å². The van der Waals surface area contributed by atoms with Crippen LogP contribution in [0.3, 0.4) is 0 Å². The van der Waals surface area contributed by atoms with E-state index in [-0.39, 0.29) is 5.56 Å². The van der Waals surface area contributed by atoms with Crippen LogP contribution in [-0.4, -0.2) is 16.1 Å². The van der Waals surface area contributed by atoms with E-state index < -0.39 is 5.97 Å². The van der Waals surface area contributed by atoms with Crippen molar-refractivity contribution in [3.8, 4) is 5.75 Å². The first-order valence-corrected chi connectivity index (χ1v) is 5.48. The van der Waals surface area contributed by atoms with E-state index in [9.17, 15) is 4.79 Å². The summed E-state index contributed by atoms with van der Waals surface area (Å²) in [5, 5.41) is 10.9. The molecule has 0 unspecified atom stereocenters. The van der Waals surface area contributed by atoms with Crippen molar-refractivity contribution in [3.05, 3.63) is 46.4 Å². The number of carboxylic acid groups (broad SMARTS) is 1. The number of nitrogens with zero attached hydrogens (tertiary/aromatic N) is 1. The lowest BCUT2D eigenvalue weighted by Gasteiger charge is -2.06. The van der Waals surface area contributed by atoms with Crippen LogP contribution in [-0.2, 0) is 6.61 Å². The fourth-order valence-corrected chi connectivity index (χ4v) is 1.83. The molecular formula is C11H9NO3S. The minimum absolute atomic E-state index is 0.0825. The molecule has 0 saturated carbocycles. The Morgan fingerprint density at radius 3 is 3.06 bits per heavy atom. The van der Waals surface area contributed by atoms with Crippen molar-refractivity contribution < 1.29 is 14.6 Å². The molecule has 2 heterocycles. The number of rotatable bonds is 4. The normalized spacial score (nSPS) is 10.0. The first kappa shape index (κ1) is 10.6. The van der Waals surface area contributed by atoms with Gasteiger partial charge in [0.25, 0.3) is 0 Å². The third-order valence-corrected chi connectivity index (χ3v) is 2.81. The predicted octanol–water partition coefficient (Wildman–Crippen LogP) is 2.42. The Balaban J connectivity index is 2.12. The molecule has 2 rings (SSSR count). The number of thiophene rings is 1. The molecule has 82 valence electrons. The molecule has 2 aromatic rings. The second-order valence-corrected chi connectivity index (χ2v) is 4.08. The number of carbonyl (C=O) groups is 1. The number of aromatic carboxylic acids is 1. The Labute approximate surface area is 96.1 Å². The summed E-state index contributed by atoms with van der Waals surface area (Å²) < 4.78 is 5.43. The molecule has 0 aliphatic rings. The SMILES string of the molecule is O=C(O)c1cnccc1OCc1cccs1. The van der Waals surface area contributed by atoms with Crippen LogP contribution in [0.1, 0.15) is 15.2 Å². The zero-order valence-corrected chi connectivity index (χ0v) is 9.11. The van der Waals surface area contributed by atoms with Crippen molar-refractivity contribution >= 4 is 17.3 Å². The molecule has 0 spiro atoms. The highest BCUT2D eigenvalue weighted by Crippen LogP contribution is 2.19. The lowest BCUT2D eigenvalue weighted by Crippen LogP contribution is -2.03. The fraction of sp³-hybridized carbons (Fsp3) is 0.0909. The molecule has 0 aromatic carbocycles. The third kappa shape index (κ3) is 2.38. The summed E-state index contributed by atoms with van der Waals surface area (Å²) in [6.45, 7) is 0.377. The molecule has 4 nitrogen and oxygen atoms in total. The molecule has 0 amide bonds. The van der Waals surface area contributed by atoms with Gasteiger partial charge in [0.05, 0.1) is 0 Å². The number of hydrogen-bond acceptors (Lipinski definition) is 4. The van der Waals surface area contributed by atoms with Crippen LogP contribution in [0.2, 0.25) is 0 Å². The van der Waals surface area contributed by atoms with E-state index >= 15 is 0 Å². The zero-order valence-electron chi connectivity index (χ0n) is 8.29. The maximum atomic E-state index is 10.9. The lowest BCUT2D eigenvalue weighted by molar-refractivity contribution is 0.0691. The van der Waals surface area contributed by atoms with Gasteiger partial charge in [0.2, 0.25) is 0 Å². The Bertz CT molecular complexity index is 482.